The topological polar surface area (TPSA) is 84.2 Å². The van der Waals surface area contributed by atoms with E-state index in [4.69, 9.17) is 0 Å². The number of nitrogens with zero attached hydrogens (tertiary/aromatic N) is 4. The molecular formula is C15H12F4N6O. The largest absolute Gasteiger partial charge is 0.453 e. The van der Waals surface area contributed by atoms with E-state index in [1.807, 2.05) is 0 Å². The van der Waals surface area contributed by atoms with Crippen LogP contribution in [0.25, 0.3) is 5.65 Å². The highest BCUT2D eigenvalue weighted by Crippen LogP contribution is 2.27. The van der Waals surface area contributed by atoms with Crippen molar-refractivity contribution in [1.82, 2.24) is 25.1 Å². The molecule has 3 rings (SSSR count). The van der Waals surface area contributed by atoms with Crippen LogP contribution in [0, 0.1) is 5.82 Å². The molecular weight excluding hydrogens is 356 g/mol. The van der Waals surface area contributed by atoms with Crippen molar-refractivity contribution in [2.75, 3.05) is 18.4 Å². The SMILES string of the molecule is O=C(NCCNc1ccc2nnc(C(F)(F)F)n2n1)c1ccccc1F. The van der Waals surface area contributed by atoms with Gasteiger partial charge in [0.15, 0.2) is 5.65 Å². The number of carbonyl (C=O) groups is 1. The van der Waals surface area contributed by atoms with Crippen molar-refractivity contribution in [2.45, 2.75) is 6.18 Å². The second-order valence-electron chi connectivity index (χ2n) is 5.17. The van der Waals surface area contributed by atoms with Crippen LogP contribution in [-0.2, 0) is 6.18 Å². The van der Waals surface area contributed by atoms with Crippen LogP contribution in [0.3, 0.4) is 0 Å². The summed E-state index contributed by atoms with van der Waals surface area (Å²) in [6.45, 7) is 0.281. The van der Waals surface area contributed by atoms with Gasteiger partial charge in [0.2, 0.25) is 0 Å². The quantitative estimate of drug-likeness (QED) is 0.532. The molecule has 2 aromatic heterocycles. The molecule has 0 spiro atoms. The summed E-state index contributed by atoms with van der Waals surface area (Å²) in [5.74, 6) is -2.32. The number of halogens is 4. The zero-order chi connectivity index (χ0) is 18.7. The first-order chi connectivity index (χ1) is 12.4. The van der Waals surface area contributed by atoms with Gasteiger partial charge in [0, 0.05) is 13.1 Å². The van der Waals surface area contributed by atoms with Gasteiger partial charge in [-0.25, -0.2) is 4.39 Å². The lowest BCUT2D eigenvalue weighted by molar-refractivity contribution is -0.146. The minimum atomic E-state index is -4.68. The molecule has 3 aromatic rings. The van der Waals surface area contributed by atoms with Crippen molar-refractivity contribution in [3.8, 4) is 0 Å². The maximum absolute atomic E-state index is 13.5. The Kier molecular flexibility index (Phi) is 4.69. The van der Waals surface area contributed by atoms with Gasteiger partial charge >= 0.3 is 6.18 Å². The van der Waals surface area contributed by atoms with E-state index in [2.05, 4.69) is 25.9 Å². The second kappa shape index (κ2) is 6.94. The summed E-state index contributed by atoms with van der Waals surface area (Å²) in [5.41, 5.74) is -0.137. The van der Waals surface area contributed by atoms with E-state index in [-0.39, 0.29) is 30.1 Å². The number of amides is 1. The zero-order valence-corrected chi connectivity index (χ0v) is 13.1. The highest BCUT2D eigenvalue weighted by molar-refractivity contribution is 5.94. The number of hydrogen-bond donors (Lipinski definition) is 2. The number of anilines is 1. The Balaban J connectivity index is 1.60. The van der Waals surface area contributed by atoms with Crippen molar-refractivity contribution >= 4 is 17.4 Å². The third-order valence-electron chi connectivity index (χ3n) is 3.35. The Morgan fingerprint density at radius 1 is 1.08 bits per heavy atom. The van der Waals surface area contributed by atoms with Crippen LogP contribution < -0.4 is 10.6 Å². The maximum atomic E-state index is 13.5. The first-order valence-electron chi connectivity index (χ1n) is 7.42. The fraction of sp³-hybridized carbons (Fsp3) is 0.200. The molecule has 0 aliphatic heterocycles. The van der Waals surface area contributed by atoms with Crippen LogP contribution in [-0.4, -0.2) is 38.8 Å². The molecule has 136 valence electrons. The Morgan fingerprint density at radius 3 is 2.58 bits per heavy atom. The Morgan fingerprint density at radius 2 is 1.85 bits per heavy atom. The molecule has 1 aromatic carbocycles. The first kappa shape index (κ1) is 17.6. The van der Waals surface area contributed by atoms with Gasteiger partial charge in [-0.1, -0.05) is 12.1 Å². The maximum Gasteiger partial charge on any atom is 0.453 e. The van der Waals surface area contributed by atoms with E-state index >= 15 is 0 Å². The Bertz CT molecular complexity index is 939. The fourth-order valence-corrected chi connectivity index (χ4v) is 2.17. The highest BCUT2D eigenvalue weighted by Gasteiger charge is 2.37. The molecule has 2 heterocycles. The monoisotopic (exact) mass is 368 g/mol. The average molecular weight is 368 g/mol. The summed E-state index contributed by atoms with van der Waals surface area (Å²) in [5, 5.41) is 15.5. The van der Waals surface area contributed by atoms with Gasteiger partial charge < -0.3 is 10.6 Å². The molecule has 1 amide bonds. The predicted octanol–water partition coefficient (Wildman–Crippen LogP) is 2.12. The standard InChI is InChI=1S/C15H12F4N6O/c16-10-4-2-1-3-9(10)13(26)21-8-7-20-11-5-6-12-22-23-14(15(17,18)19)25(12)24-11/h1-6H,7-8H2,(H,20,24)(H,21,26). The summed E-state index contributed by atoms with van der Waals surface area (Å²) in [4.78, 5) is 11.8. The van der Waals surface area contributed by atoms with Crippen LogP contribution >= 0.6 is 0 Å². The number of rotatable bonds is 5. The lowest BCUT2D eigenvalue weighted by atomic mass is 10.2. The minimum Gasteiger partial charge on any atom is -0.367 e. The average Bonchev–Trinajstić information content (AvgIpc) is 3.02. The van der Waals surface area contributed by atoms with E-state index in [1.54, 1.807) is 0 Å². The smallest absolute Gasteiger partial charge is 0.367 e. The molecule has 0 atom stereocenters. The number of carbonyl (C=O) groups excluding carboxylic acids is 1. The van der Waals surface area contributed by atoms with Crippen molar-refractivity contribution in [3.63, 3.8) is 0 Å². The summed E-state index contributed by atoms with van der Waals surface area (Å²) >= 11 is 0. The van der Waals surface area contributed by atoms with Crippen LogP contribution in [0.2, 0.25) is 0 Å². The van der Waals surface area contributed by atoms with Gasteiger partial charge in [-0.2, -0.15) is 17.7 Å². The van der Waals surface area contributed by atoms with E-state index in [0.29, 0.717) is 4.52 Å². The van der Waals surface area contributed by atoms with Gasteiger partial charge in [-0.15, -0.1) is 15.3 Å². The minimum absolute atomic E-state index is 0.0456. The molecule has 2 N–H and O–H groups in total. The fourth-order valence-electron chi connectivity index (χ4n) is 2.17. The number of benzene rings is 1. The molecule has 0 unspecified atom stereocenters. The van der Waals surface area contributed by atoms with Gasteiger partial charge in [0.05, 0.1) is 5.56 Å². The number of alkyl halides is 3. The number of nitrogens with one attached hydrogen (secondary N) is 2. The number of aromatic nitrogens is 4. The molecule has 0 fully saturated rings. The lowest BCUT2D eigenvalue weighted by Gasteiger charge is -2.09. The molecule has 0 radical (unpaired) electrons. The van der Waals surface area contributed by atoms with E-state index in [9.17, 15) is 22.4 Å². The normalized spacial score (nSPS) is 11.5. The third kappa shape index (κ3) is 3.71. The summed E-state index contributed by atoms with van der Waals surface area (Å²) in [6.07, 6.45) is -4.68. The highest BCUT2D eigenvalue weighted by atomic mass is 19.4. The van der Waals surface area contributed by atoms with Crippen molar-refractivity contribution in [1.29, 1.82) is 0 Å². The molecule has 7 nitrogen and oxygen atoms in total. The molecule has 26 heavy (non-hydrogen) atoms. The number of hydrogen-bond acceptors (Lipinski definition) is 5. The molecule has 0 saturated carbocycles. The second-order valence-corrected chi connectivity index (χ2v) is 5.17. The predicted molar refractivity (Wildman–Crippen MR) is 83.0 cm³/mol. The van der Waals surface area contributed by atoms with Crippen LogP contribution in [0.5, 0.6) is 0 Å². The Hall–Kier alpha value is -3.24. The van der Waals surface area contributed by atoms with Crippen LogP contribution in [0.15, 0.2) is 36.4 Å². The summed E-state index contributed by atoms with van der Waals surface area (Å²) in [6, 6.07) is 8.28. The van der Waals surface area contributed by atoms with E-state index in [0.717, 1.165) is 0 Å². The van der Waals surface area contributed by atoms with Gasteiger partial charge in [-0.05, 0) is 24.3 Å². The van der Waals surface area contributed by atoms with Crippen molar-refractivity contribution in [3.05, 3.63) is 53.6 Å². The summed E-state index contributed by atoms with van der Waals surface area (Å²) in [7, 11) is 0. The number of fused-ring (bicyclic) bond motifs is 1. The molecule has 0 saturated heterocycles. The Labute approximate surface area is 144 Å². The van der Waals surface area contributed by atoms with Crippen LogP contribution in [0.1, 0.15) is 16.2 Å². The molecule has 11 heteroatoms. The summed E-state index contributed by atoms with van der Waals surface area (Å²) < 4.78 is 52.5. The lowest BCUT2D eigenvalue weighted by Crippen LogP contribution is -2.29. The van der Waals surface area contributed by atoms with Gasteiger partial charge in [-0.3, -0.25) is 4.79 Å². The molecule has 0 aliphatic carbocycles. The first-order valence-corrected chi connectivity index (χ1v) is 7.42. The van der Waals surface area contributed by atoms with E-state index < -0.39 is 23.7 Å². The van der Waals surface area contributed by atoms with Gasteiger partial charge in [0.25, 0.3) is 11.7 Å². The zero-order valence-electron chi connectivity index (χ0n) is 13.1. The molecule has 0 aliphatic rings. The third-order valence-corrected chi connectivity index (χ3v) is 3.35. The van der Waals surface area contributed by atoms with Gasteiger partial charge in [0.1, 0.15) is 11.6 Å². The molecule has 0 bridgehead atoms. The van der Waals surface area contributed by atoms with E-state index in [1.165, 1.54) is 36.4 Å². The van der Waals surface area contributed by atoms with Crippen molar-refractivity contribution in [2.24, 2.45) is 0 Å². The van der Waals surface area contributed by atoms with Crippen LogP contribution in [0.4, 0.5) is 23.4 Å². The van der Waals surface area contributed by atoms with Crippen molar-refractivity contribution < 1.29 is 22.4 Å².